The summed E-state index contributed by atoms with van der Waals surface area (Å²) in [4.78, 5) is 4.29. The number of aliphatic hydroxyl groups is 1. The standard InChI is InChI=1S/C7H11NOS2/c9-5-6-10-11-7-3-1-2-4-8-7/h1,3,9H,2,4-6H2. The van der Waals surface area contributed by atoms with Gasteiger partial charge in [0.1, 0.15) is 5.04 Å². The average molecular weight is 189 g/mol. The summed E-state index contributed by atoms with van der Waals surface area (Å²) in [6.07, 6.45) is 5.24. The third kappa shape index (κ3) is 3.84. The van der Waals surface area contributed by atoms with Crippen molar-refractivity contribution in [3.8, 4) is 0 Å². The Morgan fingerprint density at radius 3 is 3.18 bits per heavy atom. The van der Waals surface area contributed by atoms with Crippen LogP contribution in [0.5, 0.6) is 0 Å². The molecule has 0 aliphatic carbocycles. The van der Waals surface area contributed by atoms with Gasteiger partial charge in [0.25, 0.3) is 0 Å². The number of hydrogen-bond acceptors (Lipinski definition) is 4. The highest BCUT2D eigenvalue weighted by atomic mass is 33.1. The molecule has 0 aromatic rings. The molecule has 1 rings (SSSR count). The highest BCUT2D eigenvalue weighted by molar-refractivity contribution is 8.82. The predicted octanol–water partition coefficient (Wildman–Crippen LogP) is 1.72. The zero-order chi connectivity index (χ0) is 7.94. The fourth-order valence-corrected chi connectivity index (χ4v) is 2.41. The van der Waals surface area contributed by atoms with Crippen LogP contribution in [0, 0.1) is 0 Å². The number of nitrogens with zero attached hydrogens (tertiary/aromatic N) is 1. The Morgan fingerprint density at radius 2 is 2.55 bits per heavy atom. The van der Waals surface area contributed by atoms with Crippen molar-refractivity contribution in [1.29, 1.82) is 0 Å². The van der Waals surface area contributed by atoms with Crippen LogP contribution in [0.25, 0.3) is 0 Å². The minimum Gasteiger partial charge on any atom is -0.395 e. The Balaban J connectivity index is 2.15. The third-order valence-electron chi connectivity index (χ3n) is 1.14. The van der Waals surface area contributed by atoms with E-state index in [0.29, 0.717) is 0 Å². The number of rotatable bonds is 3. The maximum atomic E-state index is 8.50. The summed E-state index contributed by atoms with van der Waals surface area (Å²) < 4.78 is 0. The van der Waals surface area contributed by atoms with Gasteiger partial charge in [-0.15, -0.1) is 0 Å². The van der Waals surface area contributed by atoms with Crippen molar-refractivity contribution in [1.82, 2.24) is 0 Å². The van der Waals surface area contributed by atoms with E-state index in [1.165, 1.54) is 0 Å². The Labute approximate surface area is 74.6 Å². The van der Waals surface area contributed by atoms with Gasteiger partial charge in [-0.3, -0.25) is 4.99 Å². The first-order valence-electron chi connectivity index (χ1n) is 3.55. The predicted molar refractivity (Wildman–Crippen MR) is 53.2 cm³/mol. The first-order valence-corrected chi connectivity index (χ1v) is 5.86. The second-order valence-corrected chi connectivity index (χ2v) is 4.48. The van der Waals surface area contributed by atoms with Crippen LogP contribution in [-0.4, -0.2) is 29.1 Å². The van der Waals surface area contributed by atoms with E-state index in [1.807, 2.05) is 6.08 Å². The van der Waals surface area contributed by atoms with E-state index < -0.39 is 0 Å². The first kappa shape index (κ1) is 9.16. The van der Waals surface area contributed by atoms with Gasteiger partial charge in [-0.05, 0) is 23.3 Å². The van der Waals surface area contributed by atoms with Gasteiger partial charge in [-0.1, -0.05) is 16.9 Å². The zero-order valence-corrected chi connectivity index (χ0v) is 7.83. The molecule has 1 aliphatic rings. The van der Waals surface area contributed by atoms with Crippen LogP contribution in [0.15, 0.2) is 17.1 Å². The molecule has 0 atom stereocenters. The second-order valence-electron chi connectivity index (χ2n) is 2.04. The van der Waals surface area contributed by atoms with Gasteiger partial charge in [0, 0.05) is 12.3 Å². The van der Waals surface area contributed by atoms with E-state index in [1.54, 1.807) is 21.6 Å². The van der Waals surface area contributed by atoms with Gasteiger partial charge < -0.3 is 5.11 Å². The molecule has 62 valence electrons. The molecule has 1 heterocycles. The van der Waals surface area contributed by atoms with Crippen molar-refractivity contribution < 1.29 is 5.11 Å². The van der Waals surface area contributed by atoms with Gasteiger partial charge in [-0.2, -0.15) is 0 Å². The molecule has 0 bridgehead atoms. The summed E-state index contributed by atoms with van der Waals surface area (Å²) in [6.45, 7) is 1.16. The van der Waals surface area contributed by atoms with E-state index in [4.69, 9.17) is 5.11 Å². The Hall–Kier alpha value is 0.0700. The van der Waals surface area contributed by atoms with Crippen LogP contribution in [-0.2, 0) is 0 Å². The molecule has 4 heteroatoms. The monoisotopic (exact) mass is 189 g/mol. The van der Waals surface area contributed by atoms with Crippen LogP contribution in [0.1, 0.15) is 6.42 Å². The molecule has 0 saturated carbocycles. The Morgan fingerprint density at radius 1 is 1.64 bits per heavy atom. The first-order chi connectivity index (χ1) is 5.43. The maximum absolute atomic E-state index is 8.50. The number of aliphatic hydroxyl groups excluding tert-OH is 1. The lowest BCUT2D eigenvalue weighted by atomic mass is 10.3. The van der Waals surface area contributed by atoms with E-state index in [2.05, 4.69) is 11.1 Å². The van der Waals surface area contributed by atoms with Crippen LogP contribution in [0.4, 0.5) is 0 Å². The number of dihydropyridines is 1. The lowest BCUT2D eigenvalue weighted by Gasteiger charge is -2.03. The maximum Gasteiger partial charge on any atom is 0.101 e. The van der Waals surface area contributed by atoms with Crippen molar-refractivity contribution in [3.63, 3.8) is 0 Å². The van der Waals surface area contributed by atoms with Crippen LogP contribution < -0.4 is 0 Å². The number of aliphatic imine (C=N–C) groups is 1. The fourth-order valence-electron chi connectivity index (χ4n) is 0.680. The topological polar surface area (TPSA) is 32.6 Å². The van der Waals surface area contributed by atoms with E-state index in [9.17, 15) is 0 Å². The van der Waals surface area contributed by atoms with Crippen LogP contribution in [0.2, 0.25) is 0 Å². The smallest absolute Gasteiger partial charge is 0.101 e. The van der Waals surface area contributed by atoms with Gasteiger partial charge in [0.2, 0.25) is 0 Å². The summed E-state index contributed by atoms with van der Waals surface area (Å²) in [6, 6.07) is 0. The molecular formula is C7H11NOS2. The quantitative estimate of drug-likeness (QED) is 0.542. The third-order valence-corrected chi connectivity index (χ3v) is 3.41. The van der Waals surface area contributed by atoms with Crippen molar-refractivity contribution in [2.45, 2.75) is 6.42 Å². The summed E-state index contributed by atoms with van der Waals surface area (Å²) >= 11 is 0. The van der Waals surface area contributed by atoms with Crippen molar-refractivity contribution in [3.05, 3.63) is 12.2 Å². The molecule has 0 aromatic heterocycles. The summed E-state index contributed by atoms with van der Waals surface area (Å²) in [5.74, 6) is 0.775. The summed E-state index contributed by atoms with van der Waals surface area (Å²) in [7, 11) is 3.29. The molecule has 1 N–H and O–H groups in total. The van der Waals surface area contributed by atoms with Crippen molar-refractivity contribution >= 4 is 26.6 Å². The van der Waals surface area contributed by atoms with Crippen LogP contribution >= 0.6 is 21.6 Å². The molecule has 0 radical (unpaired) electrons. The van der Waals surface area contributed by atoms with E-state index in [0.717, 1.165) is 23.8 Å². The largest absolute Gasteiger partial charge is 0.395 e. The van der Waals surface area contributed by atoms with Crippen LogP contribution in [0.3, 0.4) is 0 Å². The Kier molecular flexibility index (Phi) is 4.74. The fraction of sp³-hybridized carbons (Fsp3) is 0.571. The zero-order valence-electron chi connectivity index (χ0n) is 6.19. The second kappa shape index (κ2) is 5.69. The minimum atomic E-state index is 0.245. The molecule has 0 spiro atoms. The highest BCUT2D eigenvalue weighted by Crippen LogP contribution is 2.24. The molecule has 0 unspecified atom stereocenters. The Bertz CT molecular complexity index is 168. The number of hydrogen-bond donors (Lipinski definition) is 1. The SMILES string of the molecule is OCCSSC1=NCCC=C1. The lowest BCUT2D eigenvalue weighted by Crippen LogP contribution is -1.94. The minimum absolute atomic E-state index is 0.245. The molecular weight excluding hydrogens is 178 g/mol. The van der Waals surface area contributed by atoms with Gasteiger partial charge in [-0.25, -0.2) is 0 Å². The molecule has 11 heavy (non-hydrogen) atoms. The van der Waals surface area contributed by atoms with E-state index >= 15 is 0 Å². The molecule has 0 aromatic carbocycles. The van der Waals surface area contributed by atoms with Gasteiger partial charge >= 0.3 is 0 Å². The molecule has 1 aliphatic heterocycles. The highest BCUT2D eigenvalue weighted by Gasteiger charge is 1.98. The normalized spacial score (nSPS) is 16.6. The van der Waals surface area contributed by atoms with E-state index in [-0.39, 0.29) is 6.61 Å². The summed E-state index contributed by atoms with van der Waals surface area (Å²) in [5.41, 5.74) is 0. The van der Waals surface area contributed by atoms with Gasteiger partial charge in [0.15, 0.2) is 0 Å². The molecule has 0 fully saturated rings. The summed E-state index contributed by atoms with van der Waals surface area (Å²) in [5, 5.41) is 9.58. The molecule has 0 amide bonds. The molecule has 2 nitrogen and oxygen atoms in total. The molecule has 0 saturated heterocycles. The lowest BCUT2D eigenvalue weighted by molar-refractivity contribution is 0.323. The van der Waals surface area contributed by atoms with Gasteiger partial charge in [0.05, 0.1) is 6.61 Å². The average Bonchev–Trinajstić information content (AvgIpc) is 2.07. The van der Waals surface area contributed by atoms with Crippen molar-refractivity contribution in [2.24, 2.45) is 4.99 Å². The van der Waals surface area contributed by atoms with Crippen molar-refractivity contribution in [2.75, 3.05) is 18.9 Å².